The van der Waals surface area contributed by atoms with Gasteiger partial charge in [-0.15, -0.1) is 0 Å². The lowest BCUT2D eigenvalue weighted by Gasteiger charge is -1.96. The molecule has 6 nitrogen and oxygen atoms in total. The first-order valence-corrected chi connectivity index (χ1v) is 3.49. The molecule has 0 spiro atoms. The number of imidazole rings is 1. The van der Waals surface area contributed by atoms with Crippen LogP contribution in [0.15, 0.2) is 22.2 Å². The second-order valence-corrected chi connectivity index (χ2v) is 2.27. The largest absolute Gasteiger partial charge is 0.370 e. The average Bonchev–Trinajstić information content (AvgIpc) is 2.36. The van der Waals surface area contributed by atoms with Crippen molar-refractivity contribution in [1.82, 2.24) is 9.55 Å². The molecule has 0 fully saturated rings. The quantitative estimate of drug-likeness (QED) is 0.377. The minimum absolute atomic E-state index is 0.0404. The van der Waals surface area contributed by atoms with Crippen molar-refractivity contribution < 1.29 is 0 Å². The van der Waals surface area contributed by atoms with Crippen LogP contribution in [0.2, 0.25) is 0 Å². The molecule has 0 radical (unpaired) electrons. The molecule has 66 valence electrons. The number of hydrogen-bond acceptors (Lipinski definition) is 2. The molecule has 0 aliphatic carbocycles. The highest BCUT2D eigenvalue weighted by molar-refractivity contribution is 5.75. The van der Waals surface area contributed by atoms with Crippen molar-refractivity contribution in [2.45, 2.75) is 6.54 Å². The Labute approximate surface area is 68.9 Å². The van der Waals surface area contributed by atoms with E-state index < -0.39 is 0 Å². The van der Waals surface area contributed by atoms with Crippen molar-refractivity contribution in [2.24, 2.45) is 16.5 Å². The summed E-state index contributed by atoms with van der Waals surface area (Å²) in [5.41, 5.74) is 10.1. The van der Waals surface area contributed by atoms with Gasteiger partial charge in [0, 0.05) is 18.9 Å². The minimum atomic E-state index is -0.152. The number of H-pyrrole nitrogens is 1. The van der Waals surface area contributed by atoms with Gasteiger partial charge in [-0.3, -0.25) is 9.56 Å². The van der Waals surface area contributed by atoms with Crippen LogP contribution in [0.4, 0.5) is 0 Å². The van der Waals surface area contributed by atoms with Gasteiger partial charge in [0.1, 0.15) is 0 Å². The zero-order valence-corrected chi connectivity index (χ0v) is 6.53. The highest BCUT2D eigenvalue weighted by atomic mass is 16.1. The Morgan fingerprint density at radius 2 is 2.42 bits per heavy atom. The van der Waals surface area contributed by atoms with E-state index in [0.29, 0.717) is 13.1 Å². The number of hydrogen-bond donors (Lipinski definition) is 3. The number of nitrogens with zero attached hydrogens (tertiary/aromatic N) is 2. The van der Waals surface area contributed by atoms with Gasteiger partial charge in [-0.2, -0.15) is 0 Å². The van der Waals surface area contributed by atoms with Gasteiger partial charge in [-0.1, -0.05) is 0 Å². The number of aliphatic imine (C=N–C) groups is 1. The lowest BCUT2D eigenvalue weighted by molar-refractivity contribution is 0.683. The smallest absolute Gasteiger partial charge is 0.325 e. The maximum absolute atomic E-state index is 10.9. The molecule has 0 aliphatic rings. The SMILES string of the molecule is NC(N)=NCCn1cc[nH]c1=O. The van der Waals surface area contributed by atoms with Crippen molar-refractivity contribution in [1.29, 1.82) is 0 Å². The van der Waals surface area contributed by atoms with Gasteiger partial charge in [0.05, 0.1) is 6.54 Å². The molecule has 0 saturated heterocycles. The molecule has 0 aromatic carbocycles. The monoisotopic (exact) mass is 169 g/mol. The van der Waals surface area contributed by atoms with Crippen LogP contribution in [0.25, 0.3) is 0 Å². The van der Waals surface area contributed by atoms with E-state index in [1.54, 1.807) is 12.4 Å². The molecule has 0 saturated carbocycles. The summed E-state index contributed by atoms with van der Waals surface area (Å²) in [6.07, 6.45) is 3.21. The second-order valence-electron chi connectivity index (χ2n) is 2.27. The maximum atomic E-state index is 10.9. The zero-order valence-electron chi connectivity index (χ0n) is 6.53. The highest BCUT2D eigenvalue weighted by Crippen LogP contribution is 1.79. The minimum Gasteiger partial charge on any atom is -0.370 e. The third-order valence-electron chi connectivity index (χ3n) is 1.36. The summed E-state index contributed by atoms with van der Waals surface area (Å²) in [5, 5.41) is 0. The lowest BCUT2D eigenvalue weighted by atomic mass is 10.6. The highest BCUT2D eigenvalue weighted by Gasteiger charge is 1.92. The van der Waals surface area contributed by atoms with E-state index in [4.69, 9.17) is 11.5 Å². The van der Waals surface area contributed by atoms with Gasteiger partial charge in [0.15, 0.2) is 5.96 Å². The van der Waals surface area contributed by atoms with Crippen molar-refractivity contribution in [3.8, 4) is 0 Å². The van der Waals surface area contributed by atoms with E-state index in [1.165, 1.54) is 4.57 Å². The fraction of sp³-hybridized carbons (Fsp3) is 0.333. The van der Waals surface area contributed by atoms with E-state index in [0.717, 1.165) is 0 Å². The van der Waals surface area contributed by atoms with Crippen LogP contribution < -0.4 is 17.2 Å². The molecule has 12 heavy (non-hydrogen) atoms. The summed E-state index contributed by atoms with van der Waals surface area (Å²) in [6, 6.07) is 0. The normalized spacial score (nSPS) is 9.67. The molecule has 5 N–H and O–H groups in total. The Hall–Kier alpha value is -1.72. The zero-order chi connectivity index (χ0) is 8.97. The standard InChI is InChI=1S/C6H11N5O/c7-5(8)9-1-3-11-4-2-10-6(11)12/h2,4H,1,3H2,(H,10,12)(H4,7,8,9). The molecule has 1 aromatic heterocycles. The van der Waals surface area contributed by atoms with Gasteiger partial charge >= 0.3 is 5.69 Å². The van der Waals surface area contributed by atoms with Crippen LogP contribution in [0.3, 0.4) is 0 Å². The first-order valence-electron chi connectivity index (χ1n) is 3.49. The van der Waals surface area contributed by atoms with Gasteiger partial charge < -0.3 is 16.5 Å². The number of nitrogens with two attached hydrogens (primary N) is 2. The Bertz CT molecular complexity index is 319. The molecular weight excluding hydrogens is 158 g/mol. The number of aromatic amines is 1. The lowest BCUT2D eigenvalue weighted by Crippen LogP contribution is -2.24. The summed E-state index contributed by atoms with van der Waals surface area (Å²) in [4.78, 5) is 17.1. The van der Waals surface area contributed by atoms with Crippen molar-refractivity contribution in [2.75, 3.05) is 6.54 Å². The molecule has 0 unspecified atom stereocenters. The first-order chi connectivity index (χ1) is 5.70. The molecule has 1 heterocycles. The summed E-state index contributed by atoms with van der Waals surface area (Å²) in [7, 11) is 0. The number of rotatable bonds is 3. The Balaban J connectivity index is 2.49. The van der Waals surface area contributed by atoms with Crippen LogP contribution in [0, 0.1) is 0 Å². The van der Waals surface area contributed by atoms with Gasteiger partial charge in [-0.25, -0.2) is 4.79 Å². The van der Waals surface area contributed by atoms with E-state index in [-0.39, 0.29) is 11.6 Å². The Morgan fingerprint density at radius 3 is 2.92 bits per heavy atom. The number of nitrogens with one attached hydrogen (secondary N) is 1. The average molecular weight is 169 g/mol. The third-order valence-corrected chi connectivity index (χ3v) is 1.36. The maximum Gasteiger partial charge on any atom is 0.325 e. The Morgan fingerprint density at radius 1 is 1.67 bits per heavy atom. The van der Waals surface area contributed by atoms with Crippen molar-refractivity contribution >= 4 is 5.96 Å². The van der Waals surface area contributed by atoms with Gasteiger partial charge in [0.25, 0.3) is 0 Å². The predicted octanol–water partition coefficient (Wildman–Crippen LogP) is -1.55. The molecule has 1 rings (SSSR count). The fourth-order valence-electron chi connectivity index (χ4n) is 0.812. The summed E-state index contributed by atoms with van der Waals surface area (Å²) < 4.78 is 1.49. The molecule has 0 bridgehead atoms. The first kappa shape index (κ1) is 8.38. The molecule has 0 amide bonds. The van der Waals surface area contributed by atoms with Crippen molar-refractivity contribution in [3.63, 3.8) is 0 Å². The van der Waals surface area contributed by atoms with Crippen LogP contribution in [0.5, 0.6) is 0 Å². The van der Waals surface area contributed by atoms with E-state index in [2.05, 4.69) is 9.98 Å². The van der Waals surface area contributed by atoms with Crippen molar-refractivity contribution in [3.05, 3.63) is 22.9 Å². The van der Waals surface area contributed by atoms with Crippen LogP contribution in [0.1, 0.15) is 0 Å². The summed E-state index contributed by atoms with van der Waals surface area (Å²) >= 11 is 0. The van der Waals surface area contributed by atoms with Crippen LogP contribution >= 0.6 is 0 Å². The number of aromatic nitrogens is 2. The fourth-order valence-corrected chi connectivity index (χ4v) is 0.812. The van der Waals surface area contributed by atoms with Crippen LogP contribution in [-0.4, -0.2) is 22.1 Å². The summed E-state index contributed by atoms with van der Waals surface area (Å²) in [5.74, 6) is 0.0404. The van der Waals surface area contributed by atoms with E-state index in [1.807, 2.05) is 0 Å². The predicted molar refractivity (Wildman–Crippen MR) is 45.7 cm³/mol. The molecule has 0 aliphatic heterocycles. The van der Waals surface area contributed by atoms with Gasteiger partial charge in [0.2, 0.25) is 0 Å². The molecule has 6 heteroatoms. The second kappa shape index (κ2) is 3.61. The Kier molecular flexibility index (Phi) is 2.52. The topological polar surface area (TPSA) is 102 Å². The van der Waals surface area contributed by atoms with Gasteiger partial charge in [-0.05, 0) is 0 Å². The van der Waals surface area contributed by atoms with E-state index in [9.17, 15) is 4.79 Å². The van der Waals surface area contributed by atoms with Crippen LogP contribution in [-0.2, 0) is 6.54 Å². The molecule has 0 atom stereocenters. The molecule has 1 aromatic rings. The van der Waals surface area contributed by atoms with E-state index >= 15 is 0 Å². The molecular formula is C6H11N5O. The summed E-state index contributed by atoms with van der Waals surface area (Å²) in [6.45, 7) is 0.903. The number of guanidine groups is 1. The third kappa shape index (κ3) is 2.15.